The van der Waals surface area contributed by atoms with Crippen LogP contribution in [0.4, 0.5) is 0 Å². The number of fused-ring (bicyclic) bond motifs is 3. The Morgan fingerprint density at radius 3 is 2.04 bits per heavy atom. The number of hydrogen-bond acceptors (Lipinski definition) is 1. The van der Waals surface area contributed by atoms with Crippen LogP contribution in [0.5, 0.6) is 0 Å². The van der Waals surface area contributed by atoms with Crippen molar-refractivity contribution in [3.8, 4) is 16.8 Å². The van der Waals surface area contributed by atoms with Crippen LogP contribution in [0.2, 0.25) is 0 Å². The van der Waals surface area contributed by atoms with Crippen molar-refractivity contribution in [3.63, 3.8) is 0 Å². The van der Waals surface area contributed by atoms with E-state index < -0.39 is 0 Å². The van der Waals surface area contributed by atoms with E-state index in [1.807, 2.05) is 26.0 Å². The Hall–Kier alpha value is -5.86. The number of aromatic nitrogens is 1. The predicted octanol–water partition coefficient (Wildman–Crippen LogP) is 12.4. The van der Waals surface area contributed by atoms with Gasteiger partial charge in [0.15, 0.2) is 0 Å². The summed E-state index contributed by atoms with van der Waals surface area (Å²) in [7, 11) is 0. The molecule has 0 spiro atoms. The minimum atomic E-state index is 0.792. The van der Waals surface area contributed by atoms with Gasteiger partial charge in [-0.3, -0.25) is 0 Å². The third-order valence-corrected chi connectivity index (χ3v) is 8.66. The summed E-state index contributed by atoms with van der Waals surface area (Å²) >= 11 is 0. The Morgan fingerprint density at radius 2 is 1.29 bits per heavy atom. The molecule has 0 aliphatic carbocycles. The second kappa shape index (κ2) is 14.3. The molecule has 0 unspecified atom stereocenters. The maximum atomic E-state index is 5.88. The number of hydrogen-bond donors (Lipinski definition) is 1. The minimum absolute atomic E-state index is 0.792. The highest BCUT2D eigenvalue weighted by Gasteiger charge is 2.14. The fraction of sp³-hybridized carbons (Fsp3) is 0.0870. The summed E-state index contributed by atoms with van der Waals surface area (Å²) in [6, 6.07) is 41.6. The molecule has 0 saturated heterocycles. The molecule has 2 N–H and O–H groups in total. The van der Waals surface area contributed by atoms with Gasteiger partial charge in [-0.05, 0) is 126 Å². The van der Waals surface area contributed by atoms with Crippen LogP contribution in [0.1, 0.15) is 49.9 Å². The van der Waals surface area contributed by atoms with Crippen LogP contribution in [0.15, 0.2) is 164 Å². The maximum Gasteiger partial charge on any atom is 0.0547 e. The lowest BCUT2D eigenvalue weighted by Gasteiger charge is -2.10. The predicted molar refractivity (Wildman–Crippen MR) is 211 cm³/mol. The van der Waals surface area contributed by atoms with Crippen molar-refractivity contribution >= 4 is 44.6 Å². The second-order valence-corrected chi connectivity index (χ2v) is 12.2. The minimum Gasteiger partial charge on any atom is -0.402 e. The smallest absolute Gasteiger partial charge is 0.0547 e. The van der Waals surface area contributed by atoms with Crippen LogP contribution in [0, 0.1) is 0 Å². The lowest BCUT2D eigenvalue weighted by atomic mass is 9.97. The highest BCUT2D eigenvalue weighted by Crippen LogP contribution is 2.36. The van der Waals surface area contributed by atoms with Crippen LogP contribution in [0.25, 0.3) is 61.4 Å². The van der Waals surface area contributed by atoms with Crippen molar-refractivity contribution in [1.29, 1.82) is 0 Å². The molecule has 6 rings (SSSR count). The summed E-state index contributed by atoms with van der Waals surface area (Å²) in [6.07, 6.45) is 14.7. The van der Waals surface area contributed by atoms with Gasteiger partial charge >= 0.3 is 0 Å². The number of rotatable bonds is 9. The van der Waals surface area contributed by atoms with Crippen molar-refractivity contribution in [1.82, 2.24) is 4.57 Å². The lowest BCUT2D eigenvalue weighted by molar-refractivity contribution is 1.18. The van der Waals surface area contributed by atoms with E-state index in [1.54, 1.807) is 0 Å². The van der Waals surface area contributed by atoms with Gasteiger partial charge in [0, 0.05) is 22.2 Å². The van der Waals surface area contributed by atoms with Gasteiger partial charge in [-0.15, -0.1) is 0 Å². The highest BCUT2D eigenvalue weighted by molar-refractivity contribution is 6.11. The lowest BCUT2D eigenvalue weighted by Crippen LogP contribution is -1.94. The van der Waals surface area contributed by atoms with Crippen molar-refractivity contribution < 1.29 is 0 Å². The number of nitrogens with two attached hydrogens (primary N) is 1. The Bertz CT molecular complexity index is 2280. The molecule has 0 bridgehead atoms. The molecule has 0 saturated carbocycles. The first-order valence-corrected chi connectivity index (χ1v) is 16.5. The Kier molecular flexibility index (Phi) is 9.55. The molecule has 0 amide bonds. The summed E-state index contributed by atoms with van der Waals surface area (Å²) in [5.74, 6) is 0. The van der Waals surface area contributed by atoms with E-state index in [0.29, 0.717) is 0 Å². The van der Waals surface area contributed by atoms with Crippen molar-refractivity contribution in [2.24, 2.45) is 5.73 Å². The molecule has 0 aliphatic rings. The van der Waals surface area contributed by atoms with Crippen molar-refractivity contribution in [3.05, 3.63) is 186 Å². The van der Waals surface area contributed by atoms with Gasteiger partial charge in [0.05, 0.1) is 11.0 Å². The van der Waals surface area contributed by atoms with Gasteiger partial charge in [-0.25, -0.2) is 0 Å². The van der Waals surface area contributed by atoms with E-state index in [0.717, 1.165) is 33.7 Å². The van der Waals surface area contributed by atoms with Gasteiger partial charge < -0.3 is 10.3 Å². The fourth-order valence-corrected chi connectivity index (χ4v) is 6.24. The molecule has 2 heteroatoms. The first-order valence-electron chi connectivity index (χ1n) is 16.5. The van der Waals surface area contributed by atoms with E-state index in [-0.39, 0.29) is 0 Å². The molecule has 6 aromatic rings. The summed E-state index contributed by atoms with van der Waals surface area (Å²) in [5.41, 5.74) is 20.5. The number of benzene rings is 5. The average Bonchev–Trinajstić information content (AvgIpc) is 3.43. The van der Waals surface area contributed by atoms with Crippen LogP contribution < -0.4 is 5.73 Å². The van der Waals surface area contributed by atoms with Gasteiger partial charge in [0.25, 0.3) is 0 Å². The quantitative estimate of drug-likeness (QED) is 0.126. The van der Waals surface area contributed by atoms with Gasteiger partial charge in [-0.1, -0.05) is 116 Å². The zero-order valence-electron chi connectivity index (χ0n) is 28.2. The molecule has 236 valence electrons. The highest BCUT2D eigenvalue weighted by atomic mass is 15.0. The Balaban J connectivity index is 1.50. The van der Waals surface area contributed by atoms with Gasteiger partial charge in [0.2, 0.25) is 0 Å². The van der Waals surface area contributed by atoms with Crippen LogP contribution in [0.3, 0.4) is 0 Å². The molecule has 0 radical (unpaired) electrons. The Labute approximate surface area is 284 Å². The van der Waals surface area contributed by atoms with Gasteiger partial charge in [-0.2, -0.15) is 0 Å². The number of nitrogens with zero attached hydrogens (tertiary/aromatic N) is 1. The molecule has 0 atom stereocenters. The summed E-state index contributed by atoms with van der Waals surface area (Å²) in [4.78, 5) is 0. The van der Waals surface area contributed by atoms with E-state index >= 15 is 0 Å². The molecule has 1 heterocycles. The van der Waals surface area contributed by atoms with Crippen LogP contribution in [-0.2, 0) is 0 Å². The zero-order valence-corrected chi connectivity index (χ0v) is 28.2. The van der Waals surface area contributed by atoms with Gasteiger partial charge in [0.1, 0.15) is 0 Å². The first-order chi connectivity index (χ1) is 23.4. The number of para-hydroxylation sites is 1. The average molecular weight is 623 g/mol. The monoisotopic (exact) mass is 622 g/mol. The molecule has 2 nitrogen and oxygen atoms in total. The maximum absolute atomic E-state index is 5.88. The second-order valence-electron chi connectivity index (χ2n) is 12.2. The van der Waals surface area contributed by atoms with E-state index in [9.17, 15) is 0 Å². The summed E-state index contributed by atoms with van der Waals surface area (Å²) < 4.78 is 2.39. The normalized spacial score (nSPS) is 13.0. The summed E-state index contributed by atoms with van der Waals surface area (Å²) in [5, 5.41) is 2.46. The van der Waals surface area contributed by atoms with E-state index in [2.05, 4.69) is 171 Å². The van der Waals surface area contributed by atoms with Crippen molar-refractivity contribution in [2.45, 2.75) is 27.7 Å². The largest absolute Gasteiger partial charge is 0.402 e. The molecule has 1 aromatic heterocycles. The molecule has 0 aliphatic heterocycles. The first kappa shape index (κ1) is 32.1. The topological polar surface area (TPSA) is 30.9 Å². The third kappa shape index (κ3) is 6.79. The fourth-order valence-electron chi connectivity index (χ4n) is 6.24. The van der Waals surface area contributed by atoms with Crippen molar-refractivity contribution in [2.75, 3.05) is 0 Å². The van der Waals surface area contributed by atoms with E-state index in [1.165, 1.54) is 49.6 Å². The number of allylic oxidation sites excluding steroid dienone is 10. The molecular weight excluding hydrogens is 581 g/mol. The van der Waals surface area contributed by atoms with Crippen LogP contribution in [-0.4, -0.2) is 4.57 Å². The standard InChI is InChI=1S/C46H42N2/c1-6-13-32(3)36-15-11-18-40(29-36)41-24-26-44-43-25-23-35(28-45(43)48(46(44)31-41)42-19-9-8-10-20-42)27-38(14-7-2)39-17-12-16-37(30-39)33(4)21-22-34(5)47/h6-31H,3,47H2,1-2,4-5H3/b13-6-,14-7-,33-21+,34-22-,38-27+. The molecule has 48 heavy (non-hydrogen) atoms. The Morgan fingerprint density at radius 1 is 0.625 bits per heavy atom. The molecular formula is C46H42N2. The van der Waals surface area contributed by atoms with E-state index in [4.69, 9.17) is 5.73 Å². The molecule has 5 aromatic carbocycles. The third-order valence-electron chi connectivity index (χ3n) is 8.66. The zero-order chi connectivity index (χ0) is 33.6. The molecule has 0 fully saturated rings. The SMILES string of the molecule is C=C(/C=C\C)c1cccc(-c2ccc3c4ccc(/C=C(\C=C/C)c5cccc(/C(C)=C/C=C(/C)N)c5)cc4n(-c4ccccc4)c3c2)c1. The summed E-state index contributed by atoms with van der Waals surface area (Å²) in [6.45, 7) is 12.4. The van der Waals surface area contributed by atoms with Crippen LogP contribution >= 0.6 is 0 Å².